The predicted molar refractivity (Wildman–Crippen MR) is 78.0 cm³/mol. The van der Waals surface area contributed by atoms with E-state index >= 15 is 0 Å². The lowest BCUT2D eigenvalue weighted by molar-refractivity contribution is -0.0602. The maximum absolute atomic E-state index is 5.61. The van der Waals surface area contributed by atoms with E-state index in [1.165, 1.54) is 50.1 Å². The van der Waals surface area contributed by atoms with Crippen LogP contribution in [0.4, 0.5) is 11.1 Å². The molecule has 4 fully saturated rings. The number of rotatable bonds is 3. The second kappa shape index (κ2) is 4.08. The van der Waals surface area contributed by atoms with Gasteiger partial charge in [-0.05, 0) is 68.6 Å². The molecule has 0 aliphatic heterocycles. The van der Waals surface area contributed by atoms with E-state index in [4.69, 9.17) is 5.73 Å². The first kappa shape index (κ1) is 11.9. The second-order valence-electron chi connectivity index (χ2n) is 7.10. The minimum absolute atomic E-state index is 0.394. The normalized spacial score (nSPS) is 41.4. The van der Waals surface area contributed by atoms with Crippen LogP contribution in [0, 0.1) is 23.2 Å². The van der Waals surface area contributed by atoms with Crippen LogP contribution in [0.2, 0.25) is 0 Å². The fraction of sp³-hybridized carbons (Fsp3) is 0.857. The molecule has 4 bridgehead atoms. The lowest BCUT2D eigenvalue weighted by Gasteiger charge is -2.59. The van der Waals surface area contributed by atoms with Gasteiger partial charge in [-0.3, -0.25) is 0 Å². The minimum Gasteiger partial charge on any atom is -0.367 e. The fourth-order valence-electron chi connectivity index (χ4n) is 5.34. The Hall–Kier alpha value is -0.840. The highest BCUT2D eigenvalue weighted by atomic mass is 32.1. The molecule has 1 aromatic heterocycles. The topological polar surface area (TPSA) is 63.8 Å². The fourth-order valence-corrected chi connectivity index (χ4v) is 5.92. The van der Waals surface area contributed by atoms with Gasteiger partial charge in [0.15, 0.2) is 0 Å². The Morgan fingerprint density at radius 2 is 1.79 bits per heavy atom. The van der Waals surface area contributed by atoms with Crippen LogP contribution in [-0.4, -0.2) is 15.4 Å². The number of hydrogen-bond acceptors (Lipinski definition) is 5. The van der Waals surface area contributed by atoms with Crippen LogP contribution in [0.3, 0.4) is 0 Å². The Labute approximate surface area is 118 Å². The van der Waals surface area contributed by atoms with Crippen LogP contribution in [0.1, 0.15) is 45.4 Å². The summed E-state index contributed by atoms with van der Waals surface area (Å²) >= 11 is 1.38. The van der Waals surface area contributed by atoms with E-state index in [-0.39, 0.29) is 0 Å². The van der Waals surface area contributed by atoms with Gasteiger partial charge < -0.3 is 11.1 Å². The Bertz CT molecular complexity index is 448. The zero-order chi connectivity index (χ0) is 13.0. The number of anilines is 2. The zero-order valence-electron chi connectivity index (χ0n) is 11.4. The van der Waals surface area contributed by atoms with Gasteiger partial charge >= 0.3 is 0 Å². The molecule has 0 saturated heterocycles. The summed E-state index contributed by atoms with van der Waals surface area (Å²) in [5.41, 5.74) is 6.12. The molecule has 4 nitrogen and oxygen atoms in total. The summed E-state index contributed by atoms with van der Waals surface area (Å²) < 4.78 is 4.06. The number of nitrogen functional groups attached to an aromatic ring is 1. The third-order valence-corrected chi connectivity index (χ3v) is 6.45. The van der Waals surface area contributed by atoms with Crippen molar-refractivity contribution >= 4 is 22.6 Å². The van der Waals surface area contributed by atoms with Crippen LogP contribution in [0.5, 0.6) is 0 Å². The van der Waals surface area contributed by atoms with Gasteiger partial charge in [0.2, 0.25) is 11.1 Å². The summed E-state index contributed by atoms with van der Waals surface area (Å²) in [5, 5.41) is 4.47. The van der Waals surface area contributed by atoms with Crippen molar-refractivity contribution in [2.24, 2.45) is 23.2 Å². The van der Waals surface area contributed by atoms with Crippen molar-refractivity contribution in [1.29, 1.82) is 0 Å². The molecular weight excluding hydrogens is 256 g/mol. The summed E-state index contributed by atoms with van der Waals surface area (Å²) in [6.45, 7) is 2.34. The number of nitrogens with zero attached hydrogens (tertiary/aromatic N) is 2. The van der Waals surface area contributed by atoms with Gasteiger partial charge in [-0.1, -0.05) is 0 Å². The zero-order valence-corrected chi connectivity index (χ0v) is 12.2. The summed E-state index contributed by atoms with van der Waals surface area (Å²) in [5.74, 6) is 3.38. The van der Waals surface area contributed by atoms with E-state index in [1.807, 2.05) is 0 Å². The van der Waals surface area contributed by atoms with Gasteiger partial charge in [0, 0.05) is 17.6 Å². The van der Waals surface area contributed by atoms with Gasteiger partial charge in [0.05, 0.1) is 0 Å². The van der Waals surface area contributed by atoms with Crippen molar-refractivity contribution in [3.8, 4) is 0 Å². The van der Waals surface area contributed by atoms with Gasteiger partial charge in [0.1, 0.15) is 0 Å². The molecular formula is C14H22N4S. The van der Waals surface area contributed by atoms with Crippen molar-refractivity contribution in [3.63, 3.8) is 0 Å². The van der Waals surface area contributed by atoms with Crippen molar-refractivity contribution < 1.29 is 0 Å². The molecule has 0 amide bonds. The van der Waals surface area contributed by atoms with Gasteiger partial charge in [-0.15, -0.1) is 0 Å². The van der Waals surface area contributed by atoms with E-state index in [9.17, 15) is 0 Å². The minimum atomic E-state index is 0.394. The number of nitrogens with two attached hydrogens (primary N) is 1. The maximum atomic E-state index is 5.61. The molecule has 0 spiro atoms. The lowest BCUT2D eigenvalue weighted by atomic mass is 9.48. The first-order chi connectivity index (χ1) is 9.13. The molecule has 1 heterocycles. The van der Waals surface area contributed by atoms with Crippen LogP contribution in [-0.2, 0) is 0 Å². The molecule has 4 aliphatic rings. The highest BCUT2D eigenvalue weighted by Crippen LogP contribution is 2.61. The van der Waals surface area contributed by atoms with Gasteiger partial charge in [-0.25, -0.2) is 0 Å². The smallest absolute Gasteiger partial charge is 0.233 e. The Morgan fingerprint density at radius 1 is 1.21 bits per heavy atom. The third-order valence-electron chi connectivity index (χ3n) is 5.79. The maximum Gasteiger partial charge on any atom is 0.233 e. The average molecular weight is 278 g/mol. The molecule has 3 N–H and O–H groups in total. The Kier molecular flexibility index (Phi) is 2.56. The van der Waals surface area contributed by atoms with Gasteiger partial charge in [-0.2, -0.15) is 9.36 Å². The van der Waals surface area contributed by atoms with Crippen LogP contribution >= 0.6 is 11.5 Å². The monoisotopic (exact) mass is 278 g/mol. The molecule has 19 heavy (non-hydrogen) atoms. The summed E-state index contributed by atoms with van der Waals surface area (Å²) in [6.07, 6.45) is 8.75. The molecule has 0 radical (unpaired) electrons. The number of hydrogen-bond donors (Lipinski definition) is 2. The molecule has 4 aliphatic carbocycles. The highest BCUT2D eigenvalue weighted by Gasteiger charge is 2.53. The van der Waals surface area contributed by atoms with E-state index < -0.39 is 0 Å². The van der Waals surface area contributed by atoms with Crippen molar-refractivity contribution in [2.45, 2.75) is 51.5 Å². The lowest BCUT2D eigenvalue weighted by Crippen LogP contribution is -2.52. The first-order valence-corrected chi connectivity index (χ1v) is 8.26. The molecule has 1 atom stereocenters. The largest absolute Gasteiger partial charge is 0.367 e. The SMILES string of the molecule is CC(Nc1nc(N)ns1)C12CC3CC(CC(C3)C1)C2. The van der Waals surface area contributed by atoms with Crippen molar-refractivity contribution in [1.82, 2.24) is 9.36 Å². The molecule has 1 unspecified atom stereocenters. The van der Waals surface area contributed by atoms with Crippen molar-refractivity contribution in [3.05, 3.63) is 0 Å². The number of aromatic nitrogens is 2. The standard InChI is InChI=1S/C14H22N4S/c1-8(16-13-17-12(15)18-19-13)14-5-9-2-10(6-14)4-11(3-9)7-14/h8-11H,2-7H2,1H3,(H3,15,16,17,18). The molecule has 0 aromatic carbocycles. The van der Waals surface area contributed by atoms with E-state index in [1.54, 1.807) is 0 Å². The van der Waals surface area contributed by atoms with E-state index in [0.29, 0.717) is 17.4 Å². The molecule has 104 valence electrons. The molecule has 5 rings (SSSR count). The van der Waals surface area contributed by atoms with E-state index in [2.05, 4.69) is 21.6 Å². The summed E-state index contributed by atoms with van der Waals surface area (Å²) in [7, 11) is 0. The summed E-state index contributed by atoms with van der Waals surface area (Å²) in [4.78, 5) is 4.25. The van der Waals surface area contributed by atoms with Crippen LogP contribution < -0.4 is 11.1 Å². The van der Waals surface area contributed by atoms with E-state index in [0.717, 1.165) is 22.9 Å². The molecule has 1 aromatic rings. The predicted octanol–water partition coefficient (Wildman–Crippen LogP) is 3.14. The van der Waals surface area contributed by atoms with Crippen LogP contribution in [0.25, 0.3) is 0 Å². The Balaban J connectivity index is 1.54. The van der Waals surface area contributed by atoms with Crippen molar-refractivity contribution in [2.75, 3.05) is 11.1 Å². The summed E-state index contributed by atoms with van der Waals surface area (Å²) in [6, 6.07) is 0.494. The average Bonchev–Trinajstić information content (AvgIpc) is 2.73. The molecule has 4 saturated carbocycles. The second-order valence-corrected chi connectivity index (χ2v) is 7.86. The first-order valence-electron chi connectivity index (χ1n) is 7.49. The molecule has 5 heteroatoms. The third kappa shape index (κ3) is 1.93. The quantitative estimate of drug-likeness (QED) is 0.891. The highest BCUT2D eigenvalue weighted by molar-refractivity contribution is 7.09. The van der Waals surface area contributed by atoms with Crippen LogP contribution in [0.15, 0.2) is 0 Å². The Morgan fingerprint density at radius 3 is 2.26 bits per heavy atom. The van der Waals surface area contributed by atoms with Gasteiger partial charge in [0.25, 0.3) is 0 Å². The number of nitrogens with one attached hydrogen (secondary N) is 1.